The number of hydrogen-bond acceptors (Lipinski definition) is 3. The number of aromatic nitrogens is 1. The van der Waals surface area contributed by atoms with Crippen LogP contribution in [0.5, 0.6) is 5.75 Å². The van der Waals surface area contributed by atoms with Crippen LogP contribution in [-0.2, 0) is 0 Å². The van der Waals surface area contributed by atoms with E-state index in [0.717, 1.165) is 16.6 Å². The molecular formula is C16H13FN2O. The van der Waals surface area contributed by atoms with Gasteiger partial charge in [-0.15, -0.1) is 0 Å². The molecule has 3 nitrogen and oxygen atoms in total. The zero-order chi connectivity index (χ0) is 13.9. The van der Waals surface area contributed by atoms with Crippen LogP contribution in [0.2, 0.25) is 0 Å². The van der Waals surface area contributed by atoms with Crippen molar-refractivity contribution in [2.75, 3.05) is 12.4 Å². The SMILES string of the molecule is COc1cccc2c(Nc3cccc(F)c3)ccnc12. The summed E-state index contributed by atoms with van der Waals surface area (Å²) in [7, 11) is 1.61. The minimum atomic E-state index is -0.272. The predicted molar refractivity (Wildman–Crippen MR) is 78.0 cm³/mol. The molecule has 0 bridgehead atoms. The molecular weight excluding hydrogens is 255 g/mol. The van der Waals surface area contributed by atoms with Crippen molar-refractivity contribution in [1.82, 2.24) is 4.98 Å². The van der Waals surface area contributed by atoms with Gasteiger partial charge in [0.15, 0.2) is 0 Å². The van der Waals surface area contributed by atoms with Gasteiger partial charge in [-0.3, -0.25) is 4.98 Å². The van der Waals surface area contributed by atoms with E-state index in [1.165, 1.54) is 12.1 Å². The van der Waals surface area contributed by atoms with Crippen LogP contribution in [0.15, 0.2) is 54.7 Å². The Hall–Kier alpha value is -2.62. The fourth-order valence-corrected chi connectivity index (χ4v) is 2.14. The quantitative estimate of drug-likeness (QED) is 0.775. The number of hydrogen-bond donors (Lipinski definition) is 1. The van der Waals surface area contributed by atoms with Gasteiger partial charge < -0.3 is 10.1 Å². The van der Waals surface area contributed by atoms with E-state index < -0.39 is 0 Å². The first-order chi connectivity index (χ1) is 9.78. The van der Waals surface area contributed by atoms with Crippen molar-refractivity contribution in [1.29, 1.82) is 0 Å². The molecule has 0 aliphatic heterocycles. The molecule has 20 heavy (non-hydrogen) atoms. The molecule has 0 amide bonds. The zero-order valence-corrected chi connectivity index (χ0v) is 10.9. The summed E-state index contributed by atoms with van der Waals surface area (Å²) in [4.78, 5) is 4.33. The lowest BCUT2D eigenvalue weighted by Gasteiger charge is -2.11. The molecule has 1 heterocycles. The molecule has 0 fully saturated rings. The van der Waals surface area contributed by atoms with Crippen LogP contribution < -0.4 is 10.1 Å². The van der Waals surface area contributed by atoms with Crippen LogP contribution in [0.1, 0.15) is 0 Å². The molecule has 0 saturated heterocycles. The zero-order valence-electron chi connectivity index (χ0n) is 10.9. The van der Waals surface area contributed by atoms with Crippen LogP contribution in [0.4, 0.5) is 15.8 Å². The molecule has 4 heteroatoms. The third kappa shape index (κ3) is 2.28. The summed E-state index contributed by atoms with van der Waals surface area (Å²) < 4.78 is 18.5. The van der Waals surface area contributed by atoms with Crippen LogP contribution in [0.3, 0.4) is 0 Å². The predicted octanol–water partition coefficient (Wildman–Crippen LogP) is 4.13. The van der Waals surface area contributed by atoms with E-state index in [1.807, 2.05) is 30.3 Å². The van der Waals surface area contributed by atoms with Crippen molar-refractivity contribution in [3.8, 4) is 5.75 Å². The van der Waals surface area contributed by atoms with Crippen LogP contribution >= 0.6 is 0 Å². The molecule has 2 aromatic carbocycles. The molecule has 0 aliphatic rings. The summed E-state index contributed by atoms with van der Waals surface area (Å²) >= 11 is 0. The molecule has 0 spiro atoms. The number of pyridine rings is 1. The Morgan fingerprint density at radius 2 is 1.95 bits per heavy atom. The first-order valence-electron chi connectivity index (χ1n) is 6.22. The molecule has 0 unspecified atom stereocenters. The number of fused-ring (bicyclic) bond motifs is 1. The lowest BCUT2D eigenvalue weighted by Crippen LogP contribution is -1.94. The van der Waals surface area contributed by atoms with Crippen LogP contribution in [-0.4, -0.2) is 12.1 Å². The number of methoxy groups -OCH3 is 1. The van der Waals surface area contributed by atoms with Gasteiger partial charge in [0.2, 0.25) is 0 Å². The Morgan fingerprint density at radius 3 is 2.75 bits per heavy atom. The Kier molecular flexibility index (Phi) is 3.21. The summed E-state index contributed by atoms with van der Waals surface area (Å²) in [5, 5.41) is 4.13. The number of nitrogens with zero attached hydrogens (tertiary/aromatic N) is 1. The standard InChI is InChI=1S/C16H13FN2O/c1-20-15-7-3-6-13-14(8-9-18-16(13)15)19-12-5-2-4-11(17)10-12/h2-10H,1H3,(H,18,19). The van der Waals surface area contributed by atoms with Gasteiger partial charge in [0.25, 0.3) is 0 Å². The summed E-state index contributed by atoms with van der Waals surface area (Å²) in [6, 6.07) is 13.9. The van der Waals surface area contributed by atoms with Gasteiger partial charge in [-0.05, 0) is 30.3 Å². The fraction of sp³-hybridized carbons (Fsp3) is 0.0625. The minimum Gasteiger partial charge on any atom is -0.494 e. The number of benzene rings is 2. The maximum Gasteiger partial charge on any atom is 0.145 e. The second kappa shape index (κ2) is 5.17. The first-order valence-corrected chi connectivity index (χ1v) is 6.22. The highest BCUT2D eigenvalue weighted by Gasteiger charge is 2.06. The summed E-state index contributed by atoms with van der Waals surface area (Å²) in [5.41, 5.74) is 2.33. The van der Waals surface area contributed by atoms with Gasteiger partial charge in [-0.2, -0.15) is 0 Å². The number of halogens is 1. The molecule has 0 radical (unpaired) electrons. The molecule has 0 saturated carbocycles. The third-order valence-electron chi connectivity index (χ3n) is 3.06. The van der Waals surface area contributed by atoms with Crippen LogP contribution in [0.25, 0.3) is 10.9 Å². The lowest BCUT2D eigenvalue weighted by molar-refractivity contribution is 0.419. The summed E-state index contributed by atoms with van der Waals surface area (Å²) in [6.07, 6.45) is 1.70. The number of rotatable bonds is 3. The van der Waals surface area contributed by atoms with Gasteiger partial charge in [0, 0.05) is 23.0 Å². The highest BCUT2D eigenvalue weighted by atomic mass is 19.1. The Balaban J connectivity index is 2.08. The van der Waals surface area contributed by atoms with Gasteiger partial charge in [-0.1, -0.05) is 18.2 Å². The monoisotopic (exact) mass is 268 g/mol. The molecule has 0 atom stereocenters. The smallest absolute Gasteiger partial charge is 0.145 e. The molecule has 1 N–H and O–H groups in total. The number of anilines is 2. The molecule has 0 aliphatic carbocycles. The Morgan fingerprint density at radius 1 is 1.10 bits per heavy atom. The minimum absolute atomic E-state index is 0.272. The van der Waals surface area contributed by atoms with E-state index in [9.17, 15) is 4.39 Å². The lowest BCUT2D eigenvalue weighted by atomic mass is 10.1. The number of ether oxygens (including phenoxy) is 1. The van der Waals surface area contributed by atoms with Gasteiger partial charge in [0.05, 0.1) is 7.11 Å². The van der Waals surface area contributed by atoms with E-state index in [1.54, 1.807) is 19.4 Å². The van der Waals surface area contributed by atoms with Crippen LogP contribution in [0, 0.1) is 5.82 Å². The van der Waals surface area contributed by atoms with Crippen molar-refractivity contribution in [3.63, 3.8) is 0 Å². The van der Waals surface area contributed by atoms with E-state index >= 15 is 0 Å². The Bertz CT molecular complexity index is 758. The van der Waals surface area contributed by atoms with Crippen molar-refractivity contribution in [2.24, 2.45) is 0 Å². The molecule has 3 rings (SSSR count). The van der Waals surface area contributed by atoms with E-state index in [-0.39, 0.29) is 5.82 Å². The molecule has 100 valence electrons. The van der Waals surface area contributed by atoms with Crippen molar-refractivity contribution >= 4 is 22.3 Å². The molecule has 1 aromatic heterocycles. The number of para-hydroxylation sites is 1. The second-order valence-corrected chi connectivity index (χ2v) is 4.35. The highest BCUT2D eigenvalue weighted by Crippen LogP contribution is 2.30. The van der Waals surface area contributed by atoms with Crippen molar-refractivity contribution < 1.29 is 9.13 Å². The van der Waals surface area contributed by atoms with Gasteiger partial charge >= 0.3 is 0 Å². The summed E-state index contributed by atoms with van der Waals surface area (Å²) in [5.74, 6) is 0.441. The van der Waals surface area contributed by atoms with E-state index in [4.69, 9.17) is 4.74 Å². The van der Waals surface area contributed by atoms with E-state index in [0.29, 0.717) is 11.4 Å². The number of nitrogens with one attached hydrogen (secondary N) is 1. The average Bonchev–Trinajstić information content (AvgIpc) is 2.47. The third-order valence-corrected chi connectivity index (χ3v) is 3.06. The van der Waals surface area contributed by atoms with E-state index in [2.05, 4.69) is 10.3 Å². The summed E-state index contributed by atoms with van der Waals surface area (Å²) in [6.45, 7) is 0. The van der Waals surface area contributed by atoms with Gasteiger partial charge in [0.1, 0.15) is 17.1 Å². The largest absolute Gasteiger partial charge is 0.494 e. The topological polar surface area (TPSA) is 34.1 Å². The van der Waals surface area contributed by atoms with Crippen molar-refractivity contribution in [2.45, 2.75) is 0 Å². The fourth-order valence-electron chi connectivity index (χ4n) is 2.14. The van der Waals surface area contributed by atoms with Gasteiger partial charge in [-0.25, -0.2) is 4.39 Å². The maximum absolute atomic E-state index is 13.2. The Labute approximate surface area is 116 Å². The first kappa shape index (κ1) is 12.4. The van der Waals surface area contributed by atoms with Crippen molar-refractivity contribution in [3.05, 3.63) is 60.5 Å². The normalized spacial score (nSPS) is 10.5. The second-order valence-electron chi connectivity index (χ2n) is 4.35. The average molecular weight is 268 g/mol. The maximum atomic E-state index is 13.2. The molecule has 3 aromatic rings. The highest BCUT2D eigenvalue weighted by molar-refractivity contribution is 5.96.